The van der Waals surface area contributed by atoms with Gasteiger partial charge in [-0.2, -0.15) is 5.10 Å². The lowest BCUT2D eigenvalue weighted by Gasteiger charge is -2.14. The second-order valence-corrected chi connectivity index (χ2v) is 4.07. The van der Waals surface area contributed by atoms with Gasteiger partial charge in [-0.15, -0.1) is 0 Å². The number of carbonyl (C=O) groups excluding carboxylic acids is 1. The maximum Gasteiger partial charge on any atom is 0.328 e. The summed E-state index contributed by atoms with van der Waals surface area (Å²) in [6.07, 6.45) is 0. The molecule has 0 spiro atoms. The average Bonchev–Trinajstić information content (AvgIpc) is 2.44. The number of nitrogens with zero attached hydrogens (tertiary/aromatic N) is 2. The summed E-state index contributed by atoms with van der Waals surface area (Å²) in [4.78, 5) is 21.9. The van der Waals surface area contributed by atoms with E-state index in [1.807, 2.05) is 20.8 Å². The molecule has 0 aliphatic heterocycles. The summed E-state index contributed by atoms with van der Waals surface area (Å²) in [5.74, 6) is -1.43. The molecule has 1 aromatic rings. The minimum absolute atomic E-state index is 0.134. The minimum Gasteiger partial charge on any atom is -0.480 e. The molecule has 17 heavy (non-hydrogen) atoms. The van der Waals surface area contributed by atoms with E-state index in [0.29, 0.717) is 0 Å². The topological polar surface area (TPSA) is 84.2 Å². The van der Waals surface area contributed by atoms with Gasteiger partial charge >= 0.3 is 5.97 Å². The summed E-state index contributed by atoms with van der Waals surface area (Å²) >= 11 is 0. The Morgan fingerprint density at radius 1 is 1.41 bits per heavy atom. The van der Waals surface area contributed by atoms with Crippen LogP contribution >= 0.6 is 0 Å². The SMILES string of the molecule is CC(=O)NC(Cn1nc(C)c(C)c1C)C(=O)O. The van der Waals surface area contributed by atoms with Gasteiger partial charge in [0, 0.05) is 12.6 Å². The lowest BCUT2D eigenvalue weighted by atomic mass is 10.2. The van der Waals surface area contributed by atoms with Crippen LogP contribution in [0.5, 0.6) is 0 Å². The lowest BCUT2D eigenvalue weighted by Crippen LogP contribution is -2.43. The average molecular weight is 239 g/mol. The highest BCUT2D eigenvalue weighted by atomic mass is 16.4. The standard InChI is InChI=1S/C11H17N3O3/c1-6-7(2)13-14(8(6)3)5-10(11(16)17)12-9(4)15/h10H,5H2,1-4H3,(H,12,15)(H,16,17). The molecular weight excluding hydrogens is 222 g/mol. The van der Waals surface area contributed by atoms with Crippen molar-refractivity contribution in [2.24, 2.45) is 0 Å². The number of aryl methyl sites for hydroxylation is 1. The van der Waals surface area contributed by atoms with Crippen LogP contribution < -0.4 is 5.32 Å². The Morgan fingerprint density at radius 3 is 2.35 bits per heavy atom. The molecule has 0 radical (unpaired) electrons. The molecule has 6 nitrogen and oxygen atoms in total. The molecule has 0 saturated carbocycles. The van der Waals surface area contributed by atoms with Gasteiger partial charge in [0.15, 0.2) is 0 Å². The molecule has 1 amide bonds. The zero-order valence-corrected chi connectivity index (χ0v) is 10.4. The van der Waals surface area contributed by atoms with E-state index in [0.717, 1.165) is 17.0 Å². The van der Waals surface area contributed by atoms with E-state index in [1.165, 1.54) is 6.92 Å². The number of rotatable bonds is 4. The number of aromatic nitrogens is 2. The summed E-state index contributed by atoms with van der Waals surface area (Å²) in [5.41, 5.74) is 2.82. The van der Waals surface area contributed by atoms with Crippen molar-refractivity contribution >= 4 is 11.9 Å². The quantitative estimate of drug-likeness (QED) is 0.796. The van der Waals surface area contributed by atoms with Gasteiger partial charge in [-0.1, -0.05) is 0 Å². The third kappa shape index (κ3) is 3.05. The molecule has 1 unspecified atom stereocenters. The van der Waals surface area contributed by atoms with E-state index in [4.69, 9.17) is 5.11 Å². The molecule has 0 saturated heterocycles. The first-order valence-corrected chi connectivity index (χ1v) is 5.33. The second kappa shape index (κ2) is 4.99. The molecule has 0 bridgehead atoms. The highest BCUT2D eigenvalue weighted by Gasteiger charge is 2.20. The first-order valence-electron chi connectivity index (χ1n) is 5.33. The van der Waals surface area contributed by atoms with Gasteiger partial charge in [0.2, 0.25) is 5.91 Å². The number of hydrogen-bond donors (Lipinski definition) is 2. The Bertz CT molecular complexity index is 451. The molecule has 6 heteroatoms. The third-order valence-electron chi connectivity index (χ3n) is 2.77. The van der Waals surface area contributed by atoms with Crippen LogP contribution in [0, 0.1) is 20.8 Å². The summed E-state index contributed by atoms with van der Waals surface area (Å²) in [7, 11) is 0. The van der Waals surface area contributed by atoms with Gasteiger partial charge < -0.3 is 10.4 Å². The molecule has 0 fully saturated rings. The number of nitrogens with one attached hydrogen (secondary N) is 1. The van der Waals surface area contributed by atoms with Crippen LogP contribution in [-0.4, -0.2) is 32.8 Å². The zero-order chi connectivity index (χ0) is 13.2. The molecule has 0 aliphatic rings. The van der Waals surface area contributed by atoms with Crippen LogP contribution in [0.3, 0.4) is 0 Å². The largest absolute Gasteiger partial charge is 0.480 e. The Hall–Kier alpha value is -1.85. The number of aliphatic carboxylic acids is 1. The molecule has 1 rings (SSSR count). The second-order valence-electron chi connectivity index (χ2n) is 4.07. The van der Waals surface area contributed by atoms with Gasteiger partial charge in [0.1, 0.15) is 6.04 Å². The fraction of sp³-hybridized carbons (Fsp3) is 0.545. The highest BCUT2D eigenvalue weighted by molar-refractivity contribution is 5.81. The predicted molar refractivity (Wildman–Crippen MR) is 61.7 cm³/mol. The van der Waals surface area contributed by atoms with Crippen molar-refractivity contribution in [3.05, 3.63) is 17.0 Å². The Labute approximate surface area is 99.6 Å². The van der Waals surface area contributed by atoms with Crippen molar-refractivity contribution in [3.63, 3.8) is 0 Å². The molecule has 0 aliphatic carbocycles. The monoisotopic (exact) mass is 239 g/mol. The number of carboxylic acids is 1. The van der Waals surface area contributed by atoms with E-state index < -0.39 is 12.0 Å². The summed E-state index contributed by atoms with van der Waals surface area (Å²) in [6, 6.07) is -0.954. The predicted octanol–water partition coefficient (Wildman–Crippen LogP) is 0.398. The van der Waals surface area contributed by atoms with E-state index in [1.54, 1.807) is 4.68 Å². The van der Waals surface area contributed by atoms with Crippen LogP contribution in [0.2, 0.25) is 0 Å². The first-order chi connectivity index (χ1) is 7.82. The zero-order valence-electron chi connectivity index (χ0n) is 10.4. The first kappa shape index (κ1) is 13.2. The summed E-state index contributed by atoms with van der Waals surface area (Å²) in [5, 5.41) is 15.6. The number of hydrogen-bond acceptors (Lipinski definition) is 3. The third-order valence-corrected chi connectivity index (χ3v) is 2.77. The van der Waals surface area contributed by atoms with Crippen LogP contribution in [0.15, 0.2) is 0 Å². The van der Waals surface area contributed by atoms with Crippen molar-refractivity contribution in [1.29, 1.82) is 0 Å². The number of carboxylic acid groups (broad SMARTS) is 1. The Balaban J connectivity index is 2.89. The van der Waals surface area contributed by atoms with Crippen molar-refractivity contribution in [1.82, 2.24) is 15.1 Å². The Kier molecular flexibility index (Phi) is 3.88. The van der Waals surface area contributed by atoms with E-state index in [-0.39, 0.29) is 12.5 Å². The van der Waals surface area contributed by atoms with Crippen LogP contribution in [-0.2, 0) is 16.1 Å². The van der Waals surface area contributed by atoms with Crippen molar-refractivity contribution in [2.45, 2.75) is 40.3 Å². The minimum atomic E-state index is -1.06. The Morgan fingerprint density at radius 2 is 2.00 bits per heavy atom. The van der Waals surface area contributed by atoms with E-state index in [2.05, 4.69) is 10.4 Å². The molecule has 1 aromatic heterocycles. The van der Waals surface area contributed by atoms with Crippen molar-refractivity contribution in [3.8, 4) is 0 Å². The molecule has 0 aromatic carbocycles. The fourth-order valence-corrected chi connectivity index (χ4v) is 1.57. The van der Waals surface area contributed by atoms with Crippen LogP contribution in [0.4, 0.5) is 0 Å². The molecular formula is C11H17N3O3. The maximum atomic E-state index is 11.0. The van der Waals surface area contributed by atoms with Crippen molar-refractivity contribution < 1.29 is 14.7 Å². The van der Waals surface area contributed by atoms with Crippen LogP contribution in [0.1, 0.15) is 23.9 Å². The van der Waals surface area contributed by atoms with Gasteiger partial charge in [-0.25, -0.2) is 4.79 Å². The summed E-state index contributed by atoms with van der Waals surface area (Å²) < 4.78 is 1.61. The fourth-order valence-electron chi connectivity index (χ4n) is 1.57. The van der Waals surface area contributed by atoms with E-state index >= 15 is 0 Å². The smallest absolute Gasteiger partial charge is 0.328 e. The summed E-state index contributed by atoms with van der Waals surface area (Å²) in [6.45, 7) is 7.11. The molecule has 1 atom stereocenters. The van der Waals surface area contributed by atoms with Gasteiger partial charge in [-0.3, -0.25) is 9.48 Å². The highest BCUT2D eigenvalue weighted by Crippen LogP contribution is 2.11. The van der Waals surface area contributed by atoms with Gasteiger partial charge in [0.05, 0.1) is 12.2 Å². The van der Waals surface area contributed by atoms with Crippen molar-refractivity contribution in [2.75, 3.05) is 0 Å². The lowest BCUT2D eigenvalue weighted by molar-refractivity contribution is -0.142. The number of amides is 1. The maximum absolute atomic E-state index is 11.0. The van der Waals surface area contributed by atoms with Gasteiger partial charge in [0.25, 0.3) is 0 Å². The molecule has 2 N–H and O–H groups in total. The number of carbonyl (C=O) groups is 2. The van der Waals surface area contributed by atoms with Gasteiger partial charge in [-0.05, 0) is 26.3 Å². The molecule has 94 valence electrons. The van der Waals surface area contributed by atoms with Crippen LogP contribution in [0.25, 0.3) is 0 Å². The molecule has 1 heterocycles. The van der Waals surface area contributed by atoms with E-state index in [9.17, 15) is 9.59 Å². The normalized spacial score (nSPS) is 12.2.